The van der Waals surface area contributed by atoms with Crippen LogP contribution in [0.3, 0.4) is 0 Å². The van der Waals surface area contributed by atoms with Gasteiger partial charge in [0, 0.05) is 12.2 Å². The van der Waals surface area contributed by atoms with Gasteiger partial charge in [0.2, 0.25) is 0 Å². The topological polar surface area (TPSA) is 12.0 Å². The van der Waals surface area contributed by atoms with E-state index < -0.39 is 0 Å². The van der Waals surface area contributed by atoms with Crippen molar-refractivity contribution in [2.24, 2.45) is 0 Å². The van der Waals surface area contributed by atoms with Gasteiger partial charge in [-0.15, -0.1) is 0 Å². The molecule has 0 amide bonds. The number of aryl methyl sites for hydroxylation is 1. The van der Waals surface area contributed by atoms with Crippen LogP contribution in [-0.4, -0.2) is 6.54 Å². The Balaban J connectivity index is 2.19. The molecule has 0 bridgehead atoms. The lowest BCUT2D eigenvalue weighted by molar-refractivity contribution is 1.09. The lowest BCUT2D eigenvalue weighted by Gasteiger charge is -2.11. The van der Waals surface area contributed by atoms with Crippen molar-refractivity contribution in [3.63, 3.8) is 0 Å². The molecule has 2 aromatic rings. The molecule has 0 aromatic heterocycles. The van der Waals surface area contributed by atoms with Crippen LogP contribution in [0, 0.1) is 0 Å². The molecule has 0 aliphatic rings. The minimum Gasteiger partial charge on any atom is -0.385 e. The first-order valence-corrected chi connectivity index (χ1v) is 6.73. The first-order chi connectivity index (χ1) is 8.83. The van der Waals surface area contributed by atoms with Crippen LogP contribution in [0.5, 0.6) is 0 Å². The molecule has 2 rings (SSSR count). The van der Waals surface area contributed by atoms with E-state index in [9.17, 15) is 0 Å². The van der Waals surface area contributed by atoms with Crippen molar-refractivity contribution in [2.75, 3.05) is 11.9 Å². The number of nitrogens with one attached hydrogen (secondary N) is 1. The molecule has 2 aromatic carbocycles. The average molecular weight is 239 g/mol. The maximum atomic E-state index is 3.42. The zero-order valence-corrected chi connectivity index (χ0v) is 11.2. The van der Waals surface area contributed by atoms with E-state index in [2.05, 4.69) is 67.7 Å². The van der Waals surface area contributed by atoms with Crippen molar-refractivity contribution < 1.29 is 0 Å². The lowest BCUT2D eigenvalue weighted by Crippen LogP contribution is -2.01. The monoisotopic (exact) mass is 239 g/mol. The number of hydrogen-bond donors (Lipinski definition) is 1. The van der Waals surface area contributed by atoms with E-state index in [1.54, 1.807) is 0 Å². The van der Waals surface area contributed by atoms with Gasteiger partial charge in [0.1, 0.15) is 0 Å². The zero-order chi connectivity index (χ0) is 12.8. The van der Waals surface area contributed by atoms with Crippen LogP contribution in [-0.2, 0) is 12.8 Å². The largest absolute Gasteiger partial charge is 0.385 e. The van der Waals surface area contributed by atoms with Crippen LogP contribution in [0.1, 0.15) is 30.5 Å². The van der Waals surface area contributed by atoms with E-state index in [1.165, 1.54) is 22.4 Å². The number of benzene rings is 2. The molecule has 0 saturated heterocycles. The molecule has 0 atom stereocenters. The SMILES string of the molecule is CCNc1ccc(Cc2ccccc2)cc1CC. The van der Waals surface area contributed by atoms with E-state index >= 15 is 0 Å². The minimum atomic E-state index is 0.977. The van der Waals surface area contributed by atoms with Gasteiger partial charge in [-0.1, -0.05) is 49.4 Å². The Hall–Kier alpha value is -1.76. The predicted octanol–water partition coefficient (Wildman–Crippen LogP) is 4.27. The first-order valence-electron chi connectivity index (χ1n) is 6.73. The van der Waals surface area contributed by atoms with E-state index in [1.807, 2.05) is 0 Å². The molecule has 0 heterocycles. The van der Waals surface area contributed by atoms with E-state index in [0.717, 1.165) is 19.4 Å². The molecular formula is C17H21N. The van der Waals surface area contributed by atoms with Gasteiger partial charge in [-0.2, -0.15) is 0 Å². The normalized spacial score (nSPS) is 10.3. The maximum absolute atomic E-state index is 3.42. The van der Waals surface area contributed by atoms with Gasteiger partial charge in [0.25, 0.3) is 0 Å². The van der Waals surface area contributed by atoms with E-state index in [4.69, 9.17) is 0 Å². The minimum absolute atomic E-state index is 0.977. The molecule has 94 valence electrons. The summed E-state index contributed by atoms with van der Waals surface area (Å²) in [6.45, 7) is 5.32. The molecule has 0 spiro atoms. The quantitative estimate of drug-likeness (QED) is 0.821. The fraction of sp³-hybridized carbons (Fsp3) is 0.294. The summed E-state index contributed by atoms with van der Waals surface area (Å²) in [5.41, 5.74) is 5.44. The predicted molar refractivity (Wildman–Crippen MR) is 79.2 cm³/mol. The molecule has 0 unspecified atom stereocenters. The standard InChI is InChI=1S/C17H21N/c1-3-16-13-15(10-11-17(16)18-4-2)12-14-8-6-5-7-9-14/h5-11,13,18H,3-4,12H2,1-2H3. The molecule has 0 fully saturated rings. The average Bonchev–Trinajstić information content (AvgIpc) is 2.42. The molecule has 0 radical (unpaired) electrons. The Morgan fingerprint density at radius 1 is 0.889 bits per heavy atom. The van der Waals surface area contributed by atoms with Gasteiger partial charge in [0.15, 0.2) is 0 Å². The summed E-state index contributed by atoms with van der Waals surface area (Å²) in [6, 6.07) is 17.4. The van der Waals surface area contributed by atoms with Crippen LogP contribution < -0.4 is 5.32 Å². The molecule has 1 nitrogen and oxygen atoms in total. The Bertz CT molecular complexity index is 488. The Morgan fingerprint density at radius 3 is 2.33 bits per heavy atom. The number of anilines is 1. The van der Waals surface area contributed by atoms with Crippen molar-refractivity contribution in [1.82, 2.24) is 0 Å². The highest BCUT2D eigenvalue weighted by Gasteiger charge is 2.02. The molecule has 0 aliphatic carbocycles. The summed E-state index contributed by atoms with van der Waals surface area (Å²) in [6.07, 6.45) is 2.09. The molecular weight excluding hydrogens is 218 g/mol. The van der Waals surface area contributed by atoms with Gasteiger partial charge in [0.05, 0.1) is 0 Å². The molecule has 1 N–H and O–H groups in total. The van der Waals surface area contributed by atoms with Gasteiger partial charge in [-0.25, -0.2) is 0 Å². The van der Waals surface area contributed by atoms with Gasteiger partial charge < -0.3 is 5.32 Å². The van der Waals surface area contributed by atoms with Crippen molar-refractivity contribution in [3.8, 4) is 0 Å². The second-order valence-corrected chi connectivity index (χ2v) is 4.54. The number of hydrogen-bond acceptors (Lipinski definition) is 1. The van der Waals surface area contributed by atoms with Crippen LogP contribution in [0.25, 0.3) is 0 Å². The highest BCUT2D eigenvalue weighted by atomic mass is 14.9. The zero-order valence-electron chi connectivity index (χ0n) is 11.2. The molecule has 0 aliphatic heterocycles. The van der Waals surface area contributed by atoms with Crippen LogP contribution in [0.4, 0.5) is 5.69 Å². The molecule has 1 heteroatoms. The van der Waals surface area contributed by atoms with Gasteiger partial charge in [-0.3, -0.25) is 0 Å². The van der Waals surface area contributed by atoms with E-state index in [-0.39, 0.29) is 0 Å². The first kappa shape index (κ1) is 12.7. The second kappa shape index (κ2) is 6.25. The Morgan fingerprint density at radius 2 is 1.67 bits per heavy atom. The summed E-state index contributed by atoms with van der Waals surface area (Å²) in [5.74, 6) is 0. The fourth-order valence-electron chi connectivity index (χ4n) is 2.24. The summed E-state index contributed by atoms with van der Waals surface area (Å²) in [4.78, 5) is 0. The van der Waals surface area contributed by atoms with Crippen LogP contribution >= 0.6 is 0 Å². The maximum Gasteiger partial charge on any atom is 0.0372 e. The Labute approximate surface area is 110 Å². The van der Waals surface area contributed by atoms with E-state index in [0.29, 0.717) is 0 Å². The molecule has 18 heavy (non-hydrogen) atoms. The third-order valence-corrected chi connectivity index (χ3v) is 3.17. The van der Waals surface area contributed by atoms with Crippen molar-refractivity contribution in [2.45, 2.75) is 26.7 Å². The fourth-order valence-corrected chi connectivity index (χ4v) is 2.24. The van der Waals surface area contributed by atoms with Gasteiger partial charge in [-0.05, 0) is 42.5 Å². The summed E-state index contributed by atoms with van der Waals surface area (Å²) < 4.78 is 0. The summed E-state index contributed by atoms with van der Waals surface area (Å²) in [7, 11) is 0. The summed E-state index contributed by atoms with van der Waals surface area (Å²) in [5, 5.41) is 3.42. The highest BCUT2D eigenvalue weighted by molar-refractivity contribution is 5.53. The third-order valence-electron chi connectivity index (χ3n) is 3.17. The van der Waals surface area contributed by atoms with Crippen LogP contribution in [0.2, 0.25) is 0 Å². The second-order valence-electron chi connectivity index (χ2n) is 4.54. The number of rotatable bonds is 5. The van der Waals surface area contributed by atoms with Crippen molar-refractivity contribution >= 4 is 5.69 Å². The van der Waals surface area contributed by atoms with Crippen molar-refractivity contribution in [1.29, 1.82) is 0 Å². The van der Waals surface area contributed by atoms with Crippen molar-refractivity contribution in [3.05, 3.63) is 65.2 Å². The Kier molecular flexibility index (Phi) is 4.40. The smallest absolute Gasteiger partial charge is 0.0372 e. The lowest BCUT2D eigenvalue weighted by atomic mass is 10.0. The highest BCUT2D eigenvalue weighted by Crippen LogP contribution is 2.20. The van der Waals surface area contributed by atoms with Crippen LogP contribution in [0.15, 0.2) is 48.5 Å². The molecule has 0 saturated carbocycles. The third kappa shape index (κ3) is 3.13. The van der Waals surface area contributed by atoms with Gasteiger partial charge >= 0.3 is 0 Å². The summed E-state index contributed by atoms with van der Waals surface area (Å²) >= 11 is 0.